The van der Waals surface area contributed by atoms with Gasteiger partial charge in [0.25, 0.3) is 0 Å². The molecule has 0 bridgehead atoms. The van der Waals surface area contributed by atoms with Crippen LogP contribution in [0.5, 0.6) is 5.75 Å². The molecule has 0 spiro atoms. The van der Waals surface area contributed by atoms with Gasteiger partial charge in [-0.3, -0.25) is 0 Å². The van der Waals surface area contributed by atoms with Crippen LogP contribution >= 0.6 is 22.7 Å². The van der Waals surface area contributed by atoms with Gasteiger partial charge in [-0.25, -0.2) is 0 Å². The fourth-order valence-corrected chi connectivity index (χ4v) is 14.2. The molecule has 70 heavy (non-hydrogen) atoms. The topological polar surface area (TPSA) is 26.2 Å². The smallest absolute Gasteiger partial charge is 0.197 e. The molecule has 0 fully saturated rings. The van der Waals surface area contributed by atoms with E-state index in [1.54, 1.807) is 0 Å². The van der Waals surface area contributed by atoms with Crippen molar-refractivity contribution in [2.75, 3.05) is 5.32 Å². The van der Waals surface area contributed by atoms with Crippen LogP contribution in [0.25, 0.3) is 90.3 Å². The highest BCUT2D eigenvalue weighted by atomic mass is 32.1. The Labute approximate surface area is 418 Å². The number of ether oxygens (including phenoxy) is 1. The maximum absolute atomic E-state index is 6.82. The average molecular weight is 940 g/mol. The van der Waals surface area contributed by atoms with Crippen molar-refractivity contribution < 1.29 is 4.74 Å². The number of hydrogen-bond donors (Lipinski definition) is 1. The molecule has 11 aromatic rings. The van der Waals surface area contributed by atoms with Crippen molar-refractivity contribution in [3.63, 3.8) is 0 Å². The lowest BCUT2D eigenvalue weighted by Gasteiger charge is -2.41. The highest BCUT2D eigenvalue weighted by Gasteiger charge is 2.38. The summed E-state index contributed by atoms with van der Waals surface area (Å²) in [4.78, 5) is 0. The van der Waals surface area contributed by atoms with E-state index in [0.717, 1.165) is 50.7 Å². The van der Waals surface area contributed by atoms with Gasteiger partial charge in [-0.15, -0.1) is 22.7 Å². The van der Waals surface area contributed by atoms with Crippen LogP contribution in [0.2, 0.25) is 0 Å². The molecule has 14 rings (SSSR count). The van der Waals surface area contributed by atoms with E-state index in [4.69, 9.17) is 4.74 Å². The van der Waals surface area contributed by atoms with Gasteiger partial charge in [0, 0.05) is 96.5 Å². The summed E-state index contributed by atoms with van der Waals surface area (Å²) < 4.78 is 14.6. The van der Waals surface area contributed by atoms with Crippen molar-refractivity contribution >= 4 is 126 Å². The summed E-state index contributed by atoms with van der Waals surface area (Å²) in [5, 5.41) is 11.8. The first kappa shape index (κ1) is 42.1. The Bertz CT molecular complexity index is 4140. The first-order valence-electron chi connectivity index (χ1n) is 24.7. The maximum Gasteiger partial charge on any atom is 0.197 e. The predicted octanol–water partition coefficient (Wildman–Crippen LogP) is 17.0. The number of anilines is 2. The standard InChI is InChI=1S/C64H52BN2OS2/c1-35-26-54(36-14-10-9-11-15-36)68-55-33-53-50(30-42(35)55)65-60-40(22-23-41-44-28-45-39-16-12-13-17-56(39)69-59(45)34-52(44)67(53)61(41)60)43-27-46-47-29-48-49(64(7,8)25-24-63(48,5)6)31-57(47)70-58(46)32-51(43)66-38-20-18-37(19-21-38)62(2,3)4/h9-23,26-34,66H,1,24-25H2,2-8H3. The average Bonchev–Trinajstić information content (AvgIpc) is 4.00. The number of benzene rings is 8. The molecule has 0 saturated carbocycles. The van der Waals surface area contributed by atoms with Crippen LogP contribution in [0.3, 0.4) is 0 Å². The van der Waals surface area contributed by atoms with E-state index in [-0.39, 0.29) is 16.2 Å². The van der Waals surface area contributed by atoms with E-state index in [1.165, 1.54) is 108 Å². The van der Waals surface area contributed by atoms with Gasteiger partial charge < -0.3 is 14.6 Å². The van der Waals surface area contributed by atoms with Crippen LogP contribution in [0, 0.1) is 0 Å². The lowest BCUT2D eigenvalue weighted by Crippen LogP contribution is -2.37. The van der Waals surface area contributed by atoms with E-state index in [0.29, 0.717) is 0 Å². The summed E-state index contributed by atoms with van der Waals surface area (Å²) >= 11 is 3.80. The molecule has 3 nitrogen and oxygen atoms in total. The third-order valence-electron chi connectivity index (χ3n) is 16.0. The van der Waals surface area contributed by atoms with Crippen LogP contribution < -0.4 is 21.0 Å². The molecule has 6 heteroatoms. The highest BCUT2D eigenvalue weighted by Crippen LogP contribution is 2.51. The zero-order chi connectivity index (χ0) is 47.6. The first-order valence-corrected chi connectivity index (χ1v) is 26.3. The molecule has 3 aliphatic rings. The minimum Gasteiger partial charge on any atom is -0.456 e. The Morgan fingerprint density at radius 1 is 0.614 bits per heavy atom. The van der Waals surface area contributed by atoms with E-state index in [2.05, 4.69) is 212 Å². The molecule has 0 saturated heterocycles. The summed E-state index contributed by atoms with van der Waals surface area (Å²) in [6.45, 7) is 21.2. The third-order valence-corrected chi connectivity index (χ3v) is 18.2. The van der Waals surface area contributed by atoms with Gasteiger partial charge in [-0.1, -0.05) is 139 Å². The van der Waals surface area contributed by atoms with Gasteiger partial charge in [0.1, 0.15) is 11.5 Å². The normalized spacial score (nSPS) is 15.8. The van der Waals surface area contributed by atoms with Crippen LogP contribution in [-0.2, 0) is 16.2 Å². The van der Waals surface area contributed by atoms with Gasteiger partial charge in [0.2, 0.25) is 0 Å². The van der Waals surface area contributed by atoms with Crippen molar-refractivity contribution in [2.45, 2.75) is 77.6 Å². The van der Waals surface area contributed by atoms with E-state index in [9.17, 15) is 0 Å². The SMILES string of the molecule is C=C1C=C(c2ccccc2)Oc2cc3c(cc21)[B]c1c(-c2cc4c(cc2Nc2ccc(C(C)(C)C)cc2)sc2cc5c(cc24)C(C)(C)CCC5(C)C)ccc2c4cc5c(cc4n-3c12)sc1ccccc15. The summed E-state index contributed by atoms with van der Waals surface area (Å²) in [6, 6.07) is 52.5. The van der Waals surface area contributed by atoms with Crippen LogP contribution in [-0.4, -0.2) is 11.8 Å². The van der Waals surface area contributed by atoms with E-state index >= 15 is 0 Å². The van der Waals surface area contributed by atoms with Crippen LogP contribution in [0.15, 0.2) is 152 Å². The number of fused-ring (bicyclic) bond motifs is 13. The van der Waals surface area contributed by atoms with Gasteiger partial charge in [0.05, 0.1) is 5.52 Å². The molecular weight excluding hydrogens is 888 g/mol. The Morgan fingerprint density at radius 2 is 1.30 bits per heavy atom. The second-order valence-corrected chi connectivity index (χ2v) is 24.6. The molecule has 8 aromatic carbocycles. The van der Waals surface area contributed by atoms with Crippen molar-refractivity contribution in [1.29, 1.82) is 0 Å². The second kappa shape index (κ2) is 14.6. The van der Waals surface area contributed by atoms with Crippen LogP contribution in [0.4, 0.5) is 11.4 Å². The van der Waals surface area contributed by atoms with Gasteiger partial charge in [-0.05, 0) is 123 Å². The Kier molecular flexibility index (Phi) is 8.77. The minimum atomic E-state index is 0.0606. The molecule has 339 valence electrons. The third kappa shape index (κ3) is 6.25. The molecule has 1 N–H and O–H groups in total. The lowest BCUT2D eigenvalue weighted by molar-refractivity contribution is 0.332. The first-order chi connectivity index (χ1) is 33.7. The number of aromatic nitrogens is 1. The number of hydrogen-bond acceptors (Lipinski definition) is 4. The van der Waals surface area contributed by atoms with Gasteiger partial charge >= 0.3 is 0 Å². The fraction of sp³-hybridized carbons (Fsp3) is 0.188. The molecule has 0 atom stereocenters. The molecular formula is C64H52BN2OS2. The molecule has 5 heterocycles. The molecule has 1 radical (unpaired) electrons. The lowest BCUT2D eigenvalue weighted by atomic mass is 9.58. The largest absolute Gasteiger partial charge is 0.456 e. The Hall–Kier alpha value is -6.86. The van der Waals surface area contributed by atoms with Crippen molar-refractivity contribution in [1.82, 2.24) is 4.57 Å². The summed E-state index contributed by atoms with van der Waals surface area (Å²) in [5.41, 5.74) is 18.0. The Balaban J connectivity index is 1.04. The molecule has 0 amide bonds. The molecule has 0 unspecified atom stereocenters. The zero-order valence-corrected chi connectivity index (χ0v) is 42.4. The minimum absolute atomic E-state index is 0.0606. The number of nitrogens with zero attached hydrogens (tertiary/aromatic N) is 1. The Morgan fingerprint density at radius 3 is 2.09 bits per heavy atom. The number of thiophene rings is 2. The monoisotopic (exact) mass is 939 g/mol. The zero-order valence-electron chi connectivity index (χ0n) is 40.7. The molecule has 1 aliphatic carbocycles. The number of allylic oxidation sites excluding steroid dienone is 2. The number of rotatable bonds is 4. The molecule has 2 aliphatic heterocycles. The van der Waals surface area contributed by atoms with Gasteiger partial charge in [-0.2, -0.15) is 0 Å². The summed E-state index contributed by atoms with van der Waals surface area (Å²) in [5.74, 6) is 1.63. The quantitative estimate of drug-likeness (QED) is 0.178. The summed E-state index contributed by atoms with van der Waals surface area (Å²) in [7, 11) is 2.44. The van der Waals surface area contributed by atoms with Gasteiger partial charge in [0.15, 0.2) is 7.28 Å². The fourth-order valence-electron chi connectivity index (χ4n) is 11.9. The number of nitrogens with one attached hydrogen (secondary N) is 1. The van der Waals surface area contributed by atoms with Crippen molar-refractivity contribution in [3.8, 4) is 22.6 Å². The highest BCUT2D eigenvalue weighted by molar-refractivity contribution is 7.26. The van der Waals surface area contributed by atoms with Crippen molar-refractivity contribution in [3.05, 3.63) is 180 Å². The van der Waals surface area contributed by atoms with Crippen molar-refractivity contribution in [2.24, 2.45) is 0 Å². The van der Waals surface area contributed by atoms with E-state index < -0.39 is 0 Å². The molecule has 3 aromatic heterocycles. The second-order valence-electron chi connectivity index (χ2n) is 22.4. The maximum atomic E-state index is 6.82. The summed E-state index contributed by atoms with van der Waals surface area (Å²) in [6.07, 6.45) is 4.46. The predicted molar refractivity (Wildman–Crippen MR) is 305 cm³/mol. The van der Waals surface area contributed by atoms with Crippen LogP contribution in [0.1, 0.15) is 89.1 Å². The van der Waals surface area contributed by atoms with E-state index in [1.807, 2.05) is 28.7 Å².